The van der Waals surface area contributed by atoms with E-state index in [1.54, 1.807) is 13.2 Å². The van der Waals surface area contributed by atoms with Gasteiger partial charge in [-0.15, -0.1) is 10.2 Å². The van der Waals surface area contributed by atoms with Crippen LogP contribution in [-0.2, 0) is 29.0 Å². The molecule has 0 aliphatic carbocycles. The van der Waals surface area contributed by atoms with E-state index in [9.17, 15) is 9.90 Å². The predicted molar refractivity (Wildman–Crippen MR) is 111 cm³/mol. The van der Waals surface area contributed by atoms with E-state index in [0.717, 1.165) is 43.3 Å². The van der Waals surface area contributed by atoms with E-state index in [4.69, 9.17) is 9.47 Å². The third-order valence-electron chi connectivity index (χ3n) is 5.22. The van der Waals surface area contributed by atoms with E-state index >= 15 is 0 Å². The molecule has 2 N–H and O–H groups in total. The maximum absolute atomic E-state index is 12.0. The van der Waals surface area contributed by atoms with Gasteiger partial charge in [-0.25, -0.2) is 0 Å². The highest BCUT2D eigenvalue weighted by Gasteiger charge is 2.23. The van der Waals surface area contributed by atoms with Gasteiger partial charge in [0.15, 0.2) is 17.3 Å². The van der Waals surface area contributed by atoms with Crippen LogP contribution in [0.5, 0.6) is 11.5 Å². The number of amides is 1. The molecule has 0 spiro atoms. The number of aromatic nitrogens is 3. The van der Waals surface area contributed by atoms with Crippen molar-refractivity contribution >= 4 is 5.91 Å². The minimum absolute atomic E-state index is 0.0680. The van der Waals surface area contributed by atoms with Crippen LogP contribution >= 0.6 is 0 Å². The summed E-state index contributed by atoms with van der Waals surface area (Å²) in [6, 6.07) is 5.37. The quantitative estimate of drug-likeness (QED) is 0.640. The summed E-state index contributed by atoms with van der Waals surface area (Å²) < 4.78 is 12.5. The SMILES string of the molecule is CCOc1cccc(CN2CCc3nnc(C(C)NC(=O)CCOC)n3CC2)c1O. The van der Waals surface area contributed by atoms with Crippen molar-refractivity contribution in [2.75, 3.05) is 33.4 Å². The zero-order valence-electron chi connectivity index (χ0n) is 17.9. The van der Waals surface area contributed by atoms with Gasteiger partial charge in [0, 0.05) is 51.7 Å². The van der Waals surface area contributed by atoms with Crippen molar-refractivity contribution in [2.45, 2.75) is 45.8 Å². The second-order valence-corrected chi connectivity index (χ2v) is 7.38. The van der Waals surface area contributed by atoms with Crippen molar-refractivity contribution in [3.8, 4) is 11.5 Å². The third kappa shape index (κ3) is 5.28. The molecule has 0 bridgehead atoms. The number of nitrogens with zero attached hydrogens (tertiary/aromatic N) is 4. The van der Waals surface area contributed by atoms with Gasteiger partial charge < -0.3 is 24.5 Å². The molecule has 1 unspecified atom stereocenters. The van der Waals surface area contributed by atoms with E-state index < -0.39 is 0 Å². The van der Waals surface area contributed by atoms with E-state index in [0.29, 0.717) is 31.9 Å². The first kappa shape index (κ1) is 22.0. The molecule has 9 heteroatoms. The number of methoxy groups -OCH3 is 1. The van der Waals surface area contributed by atoms with Gasteiger partial charge >= 0.3 is 0 Å². The molecule has 164 valence electrons. The minimum atomic E-state index is -0.228. The Morgan fingerprint density at radius 2 is 2.13 bits per heavy atom. The number of phenolic OH excluding ortho intramolecular Hbond substituents is 1. The normalized spacial score (nSPS) is 15.3. The molecule has 0 saturated carbocycles. The molecule has 1 aromatic heterocycles. The number of carbonyl (C=O) groups is 1. The van der Waals surface area contributed by atoms with Crippen LogP contribution in [-0.4, -0.2) is 64.1 Å². The number of fused-ring (bicyclic) bond motifs is 1. The fourth-order valence-electron chi connectivity index (χ4n) is 3.65. The van der Waals surface area contributed by atoms with Crippen LogP contribution in [0.1, 0.15) is 43.5 Å². The fraction of sp³-hybridized carbons (Fsp3) is 0.571. The third-order valence-corrected chi connectivity index (χ3v) is 5.22. The monoisotopic (exact) mass is 417 g/mol. The fourth-order valence-corrected chi connectivity index (χ4v) is 3.65. The molecule has 1 aliphatic heterocycles. The maximum atomic E-state index is 12.0. The van der Waals surface area contributed by atoms with E-state index in [-0.39, 0.29) is 17.7 Å². The van der Waals surface area contributed by atoms with Gasteiger partial charge in [0.05, 0.1) is 19.3 Å². The summed E-state index contributed by atoms with van der Waals surface area (Å²) >= 11 is 0. The van der Waals surface area contributed by atoms with Gasteiger partial charge in [-0.05, 0) is 19.9 Å². The summed E-state index contributed by atoms with van der Waals surface area (Å²) in [6.45, 7) is 7.68. The first-order valence-corrected chi connectivity index (χ1v) is 10.4. The molecule has 0 radical (unpaired) electrons. The van der Waals surface area contributed by atoms with Crippen LogP contribution in [0.25, 0.3) is 0 Å². The summed E-state index contributed by atoms with van der Waals surface area (Å²) in [6.07, 6.45) is 1.07. The van der Waals surface area contributed by atoms with Crippen molar-refractivity contribution in [2.24, 2.45) is 0 Å². The number of phenols is 1. The van der Waals surface area contributed by atoms with Crippen LogP contribution in [0, 0.1) is 0 Å². The molecule has 0 saturated heterocycles. The standard InChI is InChI=1S/C21H31N5O4/c1-4-30-17-7-5-6-16(20(17)28)14-25-10-8-18-23-24-21(26(18)12-11-25)15(2)22-19(27)9-13-29-3/h5-7,15,28H,4,8-14H2,1-3H3,(H,22,27). The zero-order chi connectivity index (χ0) is 21.5. The molecule has 1 atom stereocenters. The summed E-state index contributed by atoms with van der Waals surface area (Å²) in [5.74, 6) is 2.33. The zero-order valence-corrected chi connectivity index (χ0v) is 17.9. The molecule has 2 aromatic rings. The highest BCUT2D eigenvalue weighted by molar-refractivity contribution is 5.76. The van der Waals surface area contributed by atoms with Crippen LogP contribution in [0.15, 0.2) is 18.2 Å². The Morgan fingerprint density at radius 3 is 2.90 bits per heavy atom. The highest BCUT2D eigenvalue weighted by atomic mass is 16.5. The Morgan fingerprint density at radius 1 is 1.30 bits per heavy atom. The van der Waals surface area contributed by atoms with Gasteiger partial charge in [0.2, 0.25) is 5.91 Å². The van der Waals surface area contributed by atoms with Crippen molar-refractivity contribution in [3.05, 3.63) is 35.4 Å². The van der Waals surface area contributed by atoms with Gasteiger partial charge in [-0.3, -0.25) is 9.69 Å². The molecular weight excluding hydrogens is 386 g/mol. The van der Waals surface area contributed by atoms with Crippen LogP contribution in [0.4, 0.5) is 0 Å². The number of ether oxygens (including phenoxy) is 2. The van der Waals surface area contributed by atoms with Gasteiger partial charge in [0.25, 0.3) is 0 Å². The predicted octanol–water partition coefficient (Wildman–Crippen LogP) is 1.65. The molecule has 9 nitrogen and oxygen atoms in total. The summed E-state index contributed by atoms with van der Waals surface area (Å²) in [7, 11) is 1.58. The van der Waals surface area contributed by atoms with Crippen LogP contribution < -0.4 is 10.1 Å². The Bertz CT molecular complexity index is 854. The number of hydrogen-bond donors (Lipinski definition) is 2. The van der Waals surface area contributed by atoms with Crippen molar-refractivity contribution in [1.29, 1.82) is 0 Å². The molecule has 1 aliphatic rings. The number of nitrogens with one attached hydrogen (secondary N) is 1. The largest absolute Gasteiger partial charge is 0.504 e. The second kappa shape index (κ2) is 10.4. The molecule has 2 heterocycles. The van der Waals surface area contributed by atoms with Crippen molar-refractivity contribution in [3.63, 3.8) is 0 Å². The lowest BCUT2D eigenvalue weighted by Gasteiger charge is -2.21. The Labute approximate surface area is 177 Å². The van der Waals surface area contributed by atoms with E-state index in [2.05, 4.69) is 25.0 Å². The molecular formula is C21H31N5O4. The first-order valence-electron chi connectivity index (χ1n) is 10.4. The minimum Gasteiger partial charge on any atom is -0.504 e. The number of hydrogen-bond acceptors (Lipinski definition) is 7. The first-order chi connectivity index (χ1) is 14.5. The van der Waals surface area contributed by atoms with E-state index in [1.165, 1.54) is 0 Å². The topological polar surface area (TPSA) is 102 Å². The lowest BCUT2D eigenvalue weighted by Crippen LogP contribution is -2.30. The number of benzene rings is 1. The average molecular weight is 418 g/mol. The molecule has 3 rings (SSSR count). The Hall–Kier alpha value is -2.65. The molecule has 0 fully saturated rings. The molecule has 30 heavy (non-hydrogen) atoms. The smallest absolute Gasteiger partial charge is 0.222 e. The Balaban J connectivity index is 1.64. The summed E-state index contributed by atoms with van der Waals surface area (Å²) in [5, 5.41) is 22.1. The number of aromatic hydroxyl groups is 1. The van der Waals surface area contributed by atoms with E-state index in [1.807, 2.05) is 26.0 Å². The Kier molecular flexibility index (Phi) is 7.64. The van der Waals surface area contributed by atoms with Crippen molar-refractivity contribution in [1.82, 2.24) is 25.0 Å². The number of carbonyl (C=O) groups excluding carboxylic acids is 1. The second-order valence-electron chi connectivity index (χ2n) is 7.38. The average Bonchev–Trinajstić information content (AvgIpc) is 3.04. The highest BCUT2D eigenvalue weighted by Crippen LogP contribution is 2.31. The number of para-hydroxylation sites is 1. The van der Waals surface area contributed by atoms with Gasteiger partial charge in [-0.2, -0.15) is 0 Å². The maximum Gasteiger partial charge on any atom is 0.222 e. The summed E-state index contributed by atoms with van der Waals surface area (Å²) in [4.78, 5) is 14.3. The van der Waals surface area contributed by atoms with Crippen LogP contribution in [0.2, 0.25) is 0 Å². The lowest BCUT2D eigenvalue weighted by molar-refractivity contribution is -0.122. The molecule has 1 aromatic carbocycles. The van der Waals surface area contributed by atoms with Gasteiger partial charge in [-0.1, -0.05) is 12.1 Å². The molecule has 1 amide bonds. The van der Waals surface area contributed by atoms with Gasteiger partial charge in [0.1, 0.15) is 5.82 Å². The summed E-state index contributed by atoms with van der Waals surface area (Å²) in [5.41, 5.74) is 0.845. The lowest BCUT2D eigenvalue weighted by atomic mass is 10.1. The van der Waals surface area contributed by atoms with Crippen LogP contribution in [0.3, 0.4) is 0 Å². The number of rotatable bonds is 9. The van der Waals surface area contributed by atoms with Crippen molar-refractivity contribution < 1.29 is 19.4 Å².